The lowest BCUT2D eigenvalue weighted by Gasteiger charge is -2.25. The average Bonchev–Trinajstić information content (AvgIpc) is 3.48. The summed E-state index contributed by atoms with van der Waals surface area (Å²) >= 11 is 0. The molecule has 0 aliphatic heterocycles. The van der Waals surface area contributed by atoms with Crippen molar-refractivity contribution in [3.8, 4) is 0 Å². The zero-order chi connectivity index (χ0) is 61.9. The van der Waals surface area contributed by atoms with Gasteiger partial charge in [-0.25, -0.2) is 4.79 Å². The fraction of sp³-hybridized carbons (Fsp3) is 0.908. The number of ether oxygens (including phenoxy) is 4. The van der Waals surface area contributed by atoms with Crippen LogP contribution in [0.25, 0.3) is 0 Å². The molecule has 1 N–H and O–H groups in total. The van der Waals surface area contributed by atoms with Gasteiger partial charge in [0.15, 0.2) is 6.10 Å². The SMILES string of the molecule is CCCCCCC/C=C\C/C=C\CCCCCCCCCCCC(=O)OC(COC(=O)CCCCCCCCCCCCCCCCCCCCCCCCCCCCCCCCCCCCCCCCC)COC(OCC[N+](C)(C)C)C(=O)O. The van der Waals surface area contributed by atoms with Gasteiger partial charge in [-0.1, -0.05) is 353 Å². The summed E-state index contributed by atoms with van der Waals surface area (Å²) in [7, 11) is 5.99. The van der Waals surface area contributed by atoms with E-state index >= 15 is 0 Å². The van der Waals surface area contributed by atoms with Crippen LogP contribution < -0.4 is 0 Å². The molecule has 0 rings (SSSR count). The number of aliphatic carboxylic acids is 1. The maximum absolute atomic E-state index is 12.9. The van der Waals surface area contributed by atoms with E-state index in [1.807, 2.05) is 21.1 Å². The van der Waals surface area contributed by atoms with Crippen LogP contribution in [0.1, 0.15) is 386 Å². The fourth-order valence-corrected chi connectivity index (χ4v) is 11.5. The van der Waals surface area contributed by atoms with Crippen LogP contribution in [-0.2, 0) is 33.3 Å². The third kappa shape index (κ3) is 69.1. The van der Waals surface area contributed by atoms with Gasteiger partial charge in [0, 0.05) is 12.8 Å². The summed E-state index contributed by atoms with van der Waals surface area (Å²) in [6.45, 7) is 4.93. The van der Waals surface area contributed by atoms with Crippen molar-refractivity contribution in [3.63, 3.8) is 0 Å². The van der Waals surface area contributed by atoms with Crippen molar-refractivity contribution in [1.82, 2.24) is 0 Å². The predicted molar refractivity (Wildman–Crippen MR) is 364 cm³/mol. The molecular formula is C76H146NO8+. The van der Waals surface area contributed by atoms with Crippen molar-refractivity contribution in [2.45, 2.75) is 399 Å². The van der Waals surface area contributed by atoms with Crippen molar-refractivity contribution in [2.75, 3.05) is 47.5 Å². The van der Waals surface area contributed by atoms with Gasteiger partial charge in [-0.05, 0) is 44.9 Å². The van der Waals surface area contributed by atoms with Crippen molar-refractivity contribution in [2.24, 2.45) is 0 Å². The van der Waals surface area contributed by atoms with Crippen LogP contribution in [0.3, 0.4) is 0 Å². The first kappa shape index (κ1) is 82.8. The lowest BCUT2D eigenvalue weighted by atomic mass is 10.0. The molecule has 0 amide bonds. The van der Waals surface area contributed by atoms with E-state index in [0.29, 0.717) is 17.4 Å². The van der Waals surface area contributed by atoms with Crippen LogP contribution in [-0.4, -0.2) is 87.4 Å². The molecule has 0 aliphatic rings. The van der Waals surface area contributed by atoms with Gasteiger partial charge in [-0.3, -0.25) is 9.59 Å². The maximum Gasteiger partial charge on any atom is 0.361 e. The van der Waals surface area contributed by atoms with Gasteiger partial charge in [0.2, 0.25) is 0 Å². The molecule has 9 nitrogen and oxygen atoms in total. The molecule has 502 valence electrons. The van der Waals surface area contributed by atoms with E-state index in [1.54, 1.807) is 0 Å². The molecule has 0 saturated heterocycles. The molecule has 0 aromatic heterocycles. The number of carbonyl (C=O) groups is 3. The number of carboxylic acids is 1. The van der Waals surface area contributed by atoms with Crippen LogP contribution in [0.4, 0.5) is 0 Å². The van der Waals surface area contributed by atoms with Gasteiger partial charge in [0.05, 0.1) is 34.4 Å². The van der Waals surface area contributed by atoms with Crippen LogP contribution in [0.5, 0.6) is 0 Å². The van der Waals surface area contributed by atoms with E-state index in [0.717, 1.165) is 51.4 Å². The third-order valence-corrected chi connectivity index (χ3v) is 17.2. The lowest BCUT2D eigenvalue weighted by molar-refractivity contribution is -0.870. The summed E-state index contributed by atoms with van der Waals surface area (Å²) in [5, 5.41) is 9.74. The van der Waals surface area contributed by atoms with Gasteiger partial charge < -0.3 is 28.5 Å². The average molecular weight is 1200 g/mol. The number of hydrogen-bond acceptors (Lipinski definition) is 7. The molecule has 2 unspecified atom stereocenters. The van der Waals surface area contributed by atoms with E-state index in [4.69, 9.17) is 18.9 Å². The first-order chi connectivity index (χ1) is 41.6. The molecule has 0 spiro atoms. The van der Waals surface area contributed by atoms with E-state index in [1.165, 1.54) is 308 Å². The number of hydrogen-bond donors (Lipinski definition) is 1. The monoisotopic (exact) mass is 1200 g/mol. The van der Waals surface area contributed by atoms with Crippen molar-refractivity contribution >= 4 is 17.9 Å². The predicted octanol–water partition coefficient (Wildman–Crippen LogP) is 23.4. The highest BCUT2D eigenvalue weighted by Gasteiger charge is 2.25. The topological polar surface area (TPSA) is 108 Å². The number of rotatable bonds is 71. The second kappa shape index (κ2) is 67.7. The highest BCUT2D eigenvalue weighted by atomic mass is 16.7. The Kier molecular flexibility index (Phi) is 65.9. The number of unbranched alkanes of at least 4 members (excludes halogenated alkanes) is 52. The highest BCUT2D eigenvalue weighted by molar-refractivity contribution is 5.71. The first-order valence-electron chi connectivity index (χ1n) is 37.5. The van der Waals surface area contributed by atoms with Crippen LogP contribution in [0.2, 0.25) is 0 Å². The van der Waals surface area contributed by atoms with Gasteiger partial charge in [0.1, 0.15) is 13.2 Å². The van der Waals surface area contributed by atoms with Crippen molar-refractivity contribution in [1.29, 1.82) is 0 Å². The van der Waals surface area contributed by atoms with Crippen LogP contribution >= 0.6 is 0 Å². The minimum absolute atomic E-state index is 0.178. The smallest absolute Gasteiger partial charge is 0.361 e. The largest absolute Gasteiger partial charge is 0.477 e. The molecule has 0 bridgehead atoms. The summed E-state index contributed by atoms with van der Waals surface area (Å²) in [5.41, 5.74) is 0. The standard InChI is InChI=1S/C76H145NO8/c1-6-8-10-12-14-16-18-20-22-24-26-28-29-30-31-32-33-34-35-36-37-38-39-40-41-42-43-44-45-47-48-50-52-54-56-58-60-62-64-66-73(78)83-70-72(71-84-76(75(80)81)82-69-68-77(3,4)5)85-74(79)67-65-63-61-59-57-55-53-51-49-46-27-25-23-21-19-17-15-13-11-9-7-2/h19,21,25,27,72,76H,6-18,20,22-24,26,28-71H2,1-5H3/p+1/b21-19-,27-25-. The lowest BCUT2D eigenvalue weighted by Crippen LogP contribution is -2.40. The molecule has 0 radical (unpaired) electrons. The first-order valence-corrected chi connectivity index (χ1v) is 37.5. The van der Waals surface area contributed by atoms with E-state index in [-0.39, 0.29) is 32.2 Å². The number of carboxylic acid groups (broad SMARTS) is 1. The van der Waals surface area contributed by atoms with Crippen molar-refractivity contribution < 1.29 is 42.9 Å². The Balaban J connectivity index is 3.93. The minimum Gasteiger partial charge on any atom is -0.477 e. The molecule has 0 aromatic rings. The Bertz CT molecular complexity index is 1440. The quantitative estimate of drug-likeness (QED) is 0.0211. The summed E-state index contributed by atoms with van der Waals surface area (Å²) in [6, 6.07) is 0. The number of allylic oxidation sites excluding steroid dienone is 4. The molecule has 9 heteroatoms. The van der Waals surface area contributed by atoms with Gasteiger partial charge in [0.25, 0.3) is 6.29 Å². The second-order valence-electron chi connectivity index (χ2n) is 27.0. The molecular weight excluding hydrogens is 1050 g/mol. The number of esters is 2. The Labute approximate surface area is 528 Å². The Morgan fingerprint density at radius 3 is 0.929 bits per heavy atom. The van der Waals surface area contributed by atoms with Gasteiger partial charge >= 0.3 is 17.9 Å². The number of nitrogens with zero attached hydrogens (tertiary/aromatic N) is 1. The molecule has 0 saturated carbocycles. The van der Waals surface area contributed by atoms with E-state index in [2.05, 4.69) is 38.2 Å². The van der Waals surface area contributed by atoms with Crippen LogP contribution in [0.15, 0.2) is 24.3 Å². The highest BCUT2D eigenvalue weighted by Crippen LogP contribution is 2.20. The number of quaternary nitrogens is 1. The number of carbonyl (C=O) groups excluding carboxylic acids is 2. The molecule has 0 heterocycles. The van der Waals surface area contributed by atoms with Crippen molar-refractivity contribution in [3.05, 3.63) is 24.3 Å². The molecule has 0 aliphatic carbocycles. The number of likely N-dealkylation sites (N-methyl/N-ethyl adjacent to an activating group) is 1. The van der Waals surface area contributed by atoms with Crippen LogP contribution in [0, 0.1) is 0 Å². The zero-order valence-electron chi connectivity index (χ0n) is 57.6. The van der Waals surface area contributed by atoms with Gasteiger partial charge in [-0.2, -0.15) is 0 Å². The molecule has 2 atom stereocenters. The normalized spacial score (nSPS) is 12.7. The summed E-state index contributed by atoms with van der Waals surface area (Å²) in [5.74, 6) is -1.98. The molecule has 0 aromatic carbocycles. The molecule has 85 heavy (non-hydrogen) atoms. The fourth-order valence-electron chi connectivity index (χ4n) is 11.5. The Morgan fingerprint density at radius 1 is 0.353 bits per heavy atom. The van der Waals surface area contributed by atoms with E-state index in [9.17, 15) is 19.5 Å². The maximum atomic E-state index is 12.9. The third-order valence-electron chi connectivity index (χ3n) is 17.2. The Hall–Kier alpha value is -2.23. The minimum atomic E-state index is -1.51. The summed E-state index contributed by atoms with van der Waals surface area (Å²) in [4.78, 5) is 37.6. The second-order valence-corrected chi connectivity index (χ2v) is 27.0. The molecule has 0 fully saturated rings. The summed E-state index contributed by atoms with van der Waals surface area (Å²) in [6.07, 6.45) is 81.9. The Morgan fingerprint density at radius 2 is 0.635 bits per heavy atom. The zero-order valence-corrected chi connectivity index (χ0v) is 57.6. The van der Waals surface area contributed by atoms with E-state index < -0.39 is 24.3 Å². The van der Waals surface area contributed by atoms with Gasteiger partial charge in [-0.15, -0.1) is 0 Å². The summed E-state index contributed by atoms with van der Waals surface area (Å²) < 4.78 is 23.0.